The molecule has 0 N–H and O–H groups in total. The maximum atomic E-state index is 10.8. The third kappa shape index (κ3) is 2.81. The number of aromatic nitrogens is 4. The second kappa shape index (κ2) is 6.25. The molecule has 3 aromatic heterocycles. The van der Waals surface area contributed by atoms with Gasteiger partial charge in [0.25, 0.3) is 0 Å². The lowest BCUT2D eigenvalue weighted by molar-refractivity contribution is -0.301. The van der Waals surface area contributed by atoms with E-state index in [2.05, 4.69) is 31.0 Å². The summed E-state index contributed by atoms with van der Waals surface area (Å²) in [5.41, 5.74) is 2.16. The molecule has 0 radical (unpaired) electrons. The van der Waals surface area contributed by atoms with Crippen LogP contribution in [0.1, 0.15) is 49.4 Å². The fourth-order valence-corrected chi connectivity index (χ4v) is 5.48. The van der Waals surface area contributed by atoms with Crippen LogP contribution in [-0.4, -0.2) is 31.3 Å². The Kier molecular flexibility index (Phi) is 4.19. The van der Waals surface area contributed by atoms with Crippen molar-refractivity contribution in [3.05, 3.63) is 16.3 Å². The lowest BCUT2D eigenvalue weighted by atomic mass is 9.89. The molecule has 0 fully saturated rings. The molecule has 0 aromatic carbocycles. The highest BCUT2D eigenvalue weighted by Gasteiger charge is 2.26. The highest BCUT2D eigenvalue weighted by atomic mass is 32.2. The molecule has 0 unspecified atom stereocenters. The molecule has 0 aliphatic heterocycles. The molecule has 8 heteroatoms. The van der Waals surface area contributed by atoms with Gasteiger partial charge in [-0.1, -0.05) is 32.5 Å². The van der Waals surface area contributed by atoms with E-state index < -0.39 is 5.97 Å². The Labute approximate surface area is 153 Å². The Bertz CT molecular complexity index is 976. The Morgan fingerprint density at radius 1 is 1.44 bits per heavy atom. The first-order valence-electron chi connectivity index (χ1n) is 8.47. The maximum absolute atomic E-state index is 10.8. The van der Waals surface area contributed by atoms with Crippen LogP contribution in [0, 0.1) is 5.92 Å². The van der Waals surface area contributed by atoms with Gasteiger partial charge in [-0.2, -0.15) is 0 Å². The number of carbonyl (C=O) groups is 1. The van der Waals surface area contributed by atoms with E-state index in [0.29, 0.717) is 11.1 Å². The topological polar surface area (TPSA) is 83.2 Å². The predicted octanol–water partition coefficient (Wildman–Crippen LogP) is 2.43. The Balaban J connectivity index is 1.97. The summed E-state index contributed by atoms with van der Waals surface area (Å²) in [7, 11) is 0. The lowest BCUT2D eigenvalue weighted by Gasteiger charge is -2.17. The highest BCUT2D eigenvalue weighted by Crippen LogP contribution is 2.40. The zero-order valence-electron chi connectivity index (χ0n) is 14.4. The minimum atomic E-state index is -1.11. The molecular weight excluding hydrogens is 356 g/mol. The van der Waals surface area contributed by atoms with Gasteiger partial charge in [0.1, 0.15) is 10.7 Å². The van der Waals surface area contributed by atoms with E-state index in [1.807, 2.05) is 4.40 Å². The van der Waals surface area contributed by atoms with E-state index in [1.165, 1.54) is 16.9 Å². The fourth-order valence-electron chi connectivity index (χ4n) is 3.44. The summed E-state index contributed by atoms with van der Waals surface area (Å²) in [5, 5.41) is 21.2. The number of carboxylic acid groups (broad SMARTS) is 1. The predicted molar refractivity (Wildman–Crippen MR) is 97.2 cm³/mol. The van der Waals surface area contributed by atoms with Crippen molar-refractivity contribution in [2.24, 2.45) is 5.92 Å². The number of aryl methyl sites for hydroxylation is 1. The van der Waals surface area contributed by atoms with Gasteiger partial charge in [-0.05, 0) is 30.7 Å². The van der Waals surface area contributed by atoms with E-state index in [4.69, 9.17) is 4.98 Å². The van der Waals surface area contributed by atoms with Gasteiger partial charge in [0.15, 0.2) is 10.8 Å². The quantitative estimate of drug-likeness (QED) is 0.651. The van der Waals surface area contributed by atoms with Crippen LogP contribution in [0.3, 0.4) is 0 Å². The van der Waals surface area contributed by atoms with E-state index in [1.54, 1.807) is 11.3 Å². The van der Waals surface area contributed by atoms with Crippen LogP contribution in [0.15, 0.2) is 5.16 Å². The van der Waals surface area contributed by atoms with E-state index in [-0.39, 0.29) is 11.7 Å². The largest absolute Gasteiger partial charge is 0.549 e. The Morgan fingerprint density at radius 2 is 2.24 bits per heavy atom. The summed E-state index contributed by atoms with van der Waals surface area (Å²) in [6.45, 7) is 6.45. The molecule has 0 saturated carbocycles. The molecular formula is C17H19N4O2S2-. The van der Waals surface area contributed by atoms with Crippen LogP contribution >= 0.6 is 23.1 Å². The molecule has 3 aromatic rings. The Hall–Kier alpha value is -1.67. The summed E-state index contributed by atoms with van der Waals surface area (Å²) in [6, 6.07) is 0. The molecule has 1 atom stereocenters. The smallest absolute Gasteiger partial charge is 0.197 e. The van der Waals surface area contributed by atoms with Crippen molar-refractivity contribution in [3.8, 4) is 0 Å². The first-order valence-corrected chi connectivity index (χ1v) is 10.3. The maximum Gasteiger partial charge on any atom is 0.197 e. The molecule has 25 heavy (non-hydrogen) atoms. The minimum absolute atomic E-state index is 0.143. The number of rotatable bonds is 4. The number of aliphatic carboxylic acids is 1. The van der Waals surface area contributed by atoms with Crippen molar-refractivity contribution >= 4 is 44.9 Å². The molecule has 1 aliphatic carbocycles. The van der Waals surface area contributed by atoms with Crippen LogP contribution in [0.4, 0.5) is 0 Å². The summed E-state index contributed by atoms with van der Waals surface area (Å²) >= 11 is 2.91. The molecule has 0 saturated heterocycles. The lowest BCUT2D eigenvalue weighted by Crippen LogP contribution is -2.24. The molecule has 0 bridgehead atoms. The van der Waals surface area contributed by atoms with Crippen molar-refractivity contribution in [3.63, 3.8) is 0 Å². The minimum Gasteiger partial charge on any atom is -0.549 e. The number of fused-ring (bicyclic) bond motifs is 5. The second-order valence-electron chi connectivity index (χ2n) is 6.96. The molecule has 6 nitrogen and oxygen atoms in total. The van der Waals surface area contributed by atoms with Crippen LogP contribution in [0.25, 0.3) is 15.9 Å². The first kappa shape index (κ1) is 16.8. The number of hydrogen-bond donors (Lipinski definition) is 0. The van der Waals surface area contributed by atoms with Crippen LogP contribution in [0.5, 0.6) is 0 Å². The monoisotopic (exact) mass is 375 g/mol. The molecule has 1 aliphatic rings. The Morgan fingerprint density at radius 3 is 2.96 bits per heavy atom. The number of carbonyl (C=O) groups excluding carboxylic acids is 1. The van der Waals surface area contributed by atoms with Gasteiger partial charge < -0.3 is 9.90 Å². The first-order chi connectivity index (χ1) is 12.0. The number of nitrogens with zero attached hydrogens (tertiary/aromatic N) is 4. The standard InChI is InChI=1S/C17H20N4O2S2/c1-8(2)14-18-16-13(10-5-4-9(3)6-11(10)25-16)15-19-20-17(21(14)15)24-7-12(22)23/h8-9H,4-7H2,1-3H3,(H,22,23)/p-1/t9-/m1/s1. The number of thioether (sulfide) groups is 1. The molecule has 0 spiro atoms. The molecule has 3 heterocycles. The average molecular weight is 375 g/mol. The summed E-state index contributed by atoms with van der Waals surface area (Å²) in [6.07, 6.45) is 3.32. The van der Waals surface area contributed by atoms with Crippen molar-refractivity contribution in [2.75, 3.05) is 5.75 Å². The van der Waals surface area contributed by atoms with Gasteiger partial charge in [-0.15, -0.1) is 21.5 Å². The number of thiophene rings is 1. The SMILES string of the molecule is CC(C)c1nc2sc3c(c2c2nnc(SCC(=O)[O-])n12)CC[C@@H](C)C3. The molecule has 132 valence electrons. The van der Waals surface area contributed by atoms with Gasteiger partial charge in [0.05, 0.1) is 11.4 Å². The number of carboxylic acids is 1. The van der Waals surface area contributed by atoms with E-state index in [9.17, 15) is 9.90 Å². The van der Waals surface area contributed by atoms with Gasteiger partial charge in [-0.3, -0.25) is 4.40 Å². The van der Waals surface area contributed by atoms with E-state index >= 15 is 0 Å². The van der Waals surface area contributed by atoms with Gasteiger partial charge in [0.2, 0.25) is 0 Å². The van der Waals surface area contributed by atoms with E-state index in [0.717, 1.165) is 46.3 Å². The second-order valence-corrected chi connectivity index (χ2v) is 8.99. The van der Waals surface area contributed by atoms with Crippen LogP contribution in [-0.2, 0) is 17.6 Å². The third-order valence-corrected chi connectivity index (χ3v) is 6.68. The van der Waals surface area contributed by atoms with Crippen molar-refractivity contribution in [1.82, 2.24) is 19.6 Å². The molecule has 0 amide bonds. The number of hydrogen-bond acceptors (Lipinski definition) is 7. The summed E-state index contributed by atoms with van der Waals surface area (Å²) in [4.78, 5) is 18.2. The van der Waals surface area contributed by atoms with Crippen LogP contribution < -0.4 is 5.11 Å². The summed E-state index contributed by atoms with van der Waals surface area (Å²) in [5.74, 6) is 0.510. The van der Waals surface area contributed by atoms with Crippen LogP contribution in [0.2, 0.25) is 0 Å². The normalized spacial score (nSPS) is 17.5. The van der Waals surface area contributed by atoms with Crippen molar-refractivity contribution in [1.29, 1.82) is 0 Å². The summed E-state index contributed by atoms with van der Waals surface area (Å²) < 4.78 is 1.94. The van der Waals surface area contributed by atoms with Gasteiger partial charge in [-0.25, -0.2) is 4.98 Å². The average Bonchev–Trinajstić information content (AvgIpc) is 3.11. The van der Waals surface area contributed by atoms with Crippen molar-refractivity contribution < 1.29 is 9.90 Å². The zero-order valence-corrected chi connectivity index (χ0v) is 16.0. The van der Waals surface area contributed by atoms with Gasteiger partial charge >= 0.3 is 0 Å². The fraction of sp³-hybridized carbons (Fsp3) is 0.529. The highest BCUT2D eigenvalue weighted by molar-refractivity contribution is 7.99. The molecule has 4 rings (SSSR count). The zero-order chi connectivity index (χ0) is 17.7. The van der Waals surface area contributed by atoms with Crippen molar-refractivity contribution in [2.45, 2.75) is 51.1 Å². The van der Waals surface area contributed by atoms with Gasteiger partial charge in [0, 0.05) is 16.5 Å². The third-order valence-electron chi connectivity index (χ3n) is 4.63.